The van der Waals surface area contributed by atoms with E-state index in [9.17, 15) is 0 Å². The van der Waals surface area contributed by atoms with Gasteiger partial charge in [-0.15, -0.1) is 0 Å². The molecule has 2 rings (SSSR count). The van der Waals surface area contributed by atoms with Crippen molar-refractivity contribution in [1.82, 2.24) is 10.3 Å². The summed E-state index contributed by atoms with van der Waals surface area (Å²) < 4.78 is 0. The lowest BCUT2D eigenvalue weighted by atomic mass is 9.83. The minimum Gasteiger partial charge on any atom is -0.357 e. The number of anilines is 1. The number of rotatable bonds is 3. The first kappa shape index (κ1) is 16.6. The van der Waals surface area contributed by atoms with Crippen molar-refractivity contribution in [2.75, 3.05) is 18.0 Å². The third-order valence-electron chi connectivity index (χ3n) is 4.17. The molecular weight excluding hydrogens is 282 g/mol. The molecule has 1 saturated heterocycles. The van der Waals surface area contributed by atoms with Gasteiger partial charge in [0.25, 0.3) is 0 Å². The molecule has 0 aliphatic carbocycles. The molecule has 1 aliphatic rings. The summed E-state index contributed by atoms with van der Waals surface area (Å²) in [5.74, 6) is 1.06. The van der Waals surface area contributed by atoms with E-state index in [-0.39, 0.29) is 5.54 Å². The summed E-state index contributed by atoms with van der Waals surface area (Å²) in [7, 11) is 0. The van der Waals surface area contributed by atoms with Crippen molar-refractivity contribution in [2.24, 2.45) is 5.41 Å². The summed E-state index contributed by atoms with van der Waals surface area (Å²) in [5.41, 5.74) is 1.67. The maximum atomic E-state index is 6.29. The van der Waals surface area contributed by atoms with E-state index in [1.54, 1.807) is 6.20 Å². The lowest BCUT2D eigenvalue weighted by Crippen LogP contribution is -2.38. The minimum atomic E-state index is 0.0852. The highest BCUT2D eigenvalue weighted by molar-refractivity contribution is 6.31. The first-order chi connectivity index (χ1) is 9.66. The van der Waals surface area contributed by atoms with Crippen LogP contribution in [-0.2, 0) is 6.54 Å². The van der Waals surface area contributed by atoms with Gasteiger partial charge in [0.05, 0.1) is 5.02 Å². The fraction of sp³-hybridized carbons (Fsp3) is 0.706. The van der Waals surface area contributed by atoms with Crippen LogP contribution in [0.5, 0.6) is 0 Å². The van der Waals surface area contributed by atoms with Crippen molar-refractivity contribution >= 4 is 17.4 Å². The van der Waals surface area contributed by atoms with Gasteiger partial charge in [0.2, 0.25) is 0 Å². The van der Waals surface area contributed by atoms with Gasteiger partial charge in [0.1, 0.15) is 5.82 Å². The Morgan fingerprint density at radius 1 is 1.29 bits per heavy atom. The summed E-state index contributed by atoms with van der Waals surface area (Å²) in [6.07, 6.45) is 4.22. The molecule has 4 heteroatoms. The van der Waals surface area contributed by atoms with Crippen LogP contribution in [0.3, 0.4) is 0 Å². The van der Waals surface area contributed by atoms with Crippen LogP contribution in [0.2, 0.25) is 5.02 Å². The van der Waals surface area contributed by atoms with Gasteiger partial charge in [0.15, 0.2) is 0 Å². The molecule has 0 bridgehead atoms. The molecule has 0 saturated carbocycles. The second kappa shape index (κ2) is 6.13. The summed E-state index contributed by atoms with van der Waals surface area (Å²) in [6, 6.07) is 2.14. The zero-order chi connectivity index (χ0) is 15.7. The van der Waals surface area contributed by atoms with Gasteiger partial charge in [-0.2, -0.15) is 0 Å². The first-order valence-corrected chi connectivity index (χ1v) is 8.19. The predicted molar refractivity (Wildman–Crippen MR) is 91.1 cm³/mol. The van der Waals surface area contributed by atoms with Gasteiger partial charge in [0, 0.05) is 31.4 Å². The molecule has 1 aliphatic heterocycles. The number of nitrogens with one attached hydrogen (secondary N) is 1. The van der Waals surface area contributed by atoms with Crippen LogP contribution in [0.4, 0.5) is 5.82 Å². The zero-order valence-corrected chi connectivity index (χ0v) is 14.7. The van der Waals surface area contributed by atoms with E-state index in [0.29, 0.717) is 5.41 Å². The van der Waals surface area contributed by atoms with Gasteiger partial charge < -0.3 is 10.2 Å². The Morgan fingerprint density at radius 2 is 1.90 bits per heavy atom. The molecule has 0 atom stereocenters. The summed E-state index contributed by atoms with van der Waals surface area (Å²) in [6.45, 7) is 14.1. The number of aromatic nitrogens is 1. The molecule has 1 aromatic rings. The number of hydrogen-bond acceptors (Lipinski definition) is 3. The lowest BCUT2D eigenvalue weighted by molar-refractivity contribution is 0.279. The molecule has 118 valence electrons. The van der Waals surface area contributed by atoms with E-state index in [0.717, 1.165) is 36.0 Å². The summed E-state index contributed by atoms with van der Waals surface area (Å²) in [4.78, 5) is 6.90. The van der Waals surface area contributed by atoms with Crippen LogP contribution in [-0.4, -0.2) is 23.6 Å². The minimum absolute atomic E-state index is 0.0852. The molecule has 0 radical (unpaired) electrons. The van der Waals surface area contributed by atoms with E-state index in [1.807, 2.05) is 0 Å². The average Bonchev–Trinajstić information content (AvgIpc) is 2.37. The number of nitrogens with zero attached hydrogens (tertiary/aromatic N) is 2. The van der Waals surface area contributed by atoms with Gasteiger partial charge >= 0.3 is 0 Å². The maximum Gasteiger partial charge on any atom is 0.128 e. The Kier molecular flexibility index (Phi) is 4.84. The quantitative estimate of drug-likeness (QED) is 0.904. The van der Waals surface area contributed by atoms with E-state index in [1.165, 1.54) is 12.8 Å². The Labute approximate surface area is 134 Å². The van der Waals surface area contributed by atoms with Crippen LogP contribution in [0.25, 0.3) is 0 Å². The van der Waals surface area contributed by atoms with Crippen molar-refractivity contribution in [1.29, 1.82) is 0 Å². The molecule has 0 spiro atoms. The van der Waals surface area contributed by atoms with E-state index < -0.39 is 0 Å². The fourth-order valence-electron chi connectivity index (χ4n) is 2.48. The molecular formula is C17H28ClN3. The third kappa shape index (κ3) is 4.86. The molecule has 1 aromatic heterocycles. The molecule has 0 unspecified atom stereocenters. The van der Waals surface area contributed by atoms with E-state index in [4.69, 9.17) is 11.6 Å². The van der Waals surface area contributed by atoms with Gasteiger partial charge in [-0.1, -0.05) is 25.4 Å². The summed E-state index contributed by atoms with van der Waals surface area (Å²) >= 11 is 6.29. The third-order valence-corrected chi connectivity index (χ3v) is 4.51. The Hall–Kier alpha value is -0.800. The van der Waals surface area contributed by atoms with Crippen molar-refractivity contribution in [3.63, 3.8) is 0 Å². The monoisotopic (exact) mass is 309 g/mol. The van der Waals surface area contributed by atoms with Crippen LogP contribution in [0, 0.1) is 5.41 Å². The molecule has 1 fully saturated rings. The van der Waals surface area contributed by atoms with E-state index >= 15 is 0 Å². The SMILES string of the molecule is CC1(C)CCN(c2cc(CNC(C)(C)C)c(Cl)cn2)CC1. The molecule has 1 N–H and O–H groups in total. The van der Waals surface area contributed by atoms with Crippen molar-refractivity contribution < 1.29 is 0 Å². The molecule has 21 heavy (non-hydrogen) atoms. The number of piperidine rings is 1. The van der Waals surface area contributed by atoms with Gasteiger partial charge in [-0.3, -0.25) is 0 Å². The van der Waals surface area contributed by atoms with Crippen LogP contribution in [0.15, 0.2) is 12.3 Å². The second-order valence-corrected chi connectivity index (χ2v) is 8.30. The molecule has 0 aromatic carbocycles. The maximum absolute atomic E-state index is 6.29. The van der Waals surface area contributed by atoms with Crippen LogP contribution < -0.4 is 10.2 Å². The molecule has 0 amide bonds. The summed E-state index contributed by atoms with van der Waals surface area (Å²) in [5, 5.41) is 4.23. The molecule has 3 nitrogen and oxygen atoms in total. The first-order valence-electron chi connectivity index (χ1n) is 7.81. The van der Waals surface area contributed by atoms with Crippen molar-refractivity contribution in [3.05, 3.63) is 22.8 Å². The average molecular weight is 310 g/mol. The Balaban J connectivity index is 2.08. The van der Waals surface area contributed by atoms with Gasteiger partial charge in [-0.25, -0.2) is 4.98 Å². The normalized spacial score (nSPS) is 18.9. The van der Waals surface area contributed by atoms with E-state index in [2.05, 4.69) is 55.9 Å². The fourth-order valence-corrected chi connectivity index (χ4v) is 2.65. The number of hydrogen-bond donors (Lipinski definition) is 1. The smallest absolute Gasteiger partial charge is 0.128 e. The number of pyridine rings is 1. The van der Waals surface area contributed by atoms with Crippen LogP contribution >= 0.6 is 11.6 Å². The Bertz CT molecular complexity index is 481. The lowest BCUT2D eigenvalue weighted by Gasteiger charge is -2.37. The van der Waals surface area contributed by atoms with Crippen molar-refractivity contribution in [2.45, 2.75) is 59.5 Å². The topological polar surface area (TPSA) is 28.2 Å². The van der Waals surface area contributed by atoms with Crippen molar-refractivity contribution in [3.8, 4) is 0 Å². The zero-order valence-electron chi connectivity index (χ0n) is 14.0. The highest BCUT2D eigenvalue weighted by Gasteiger charge is 2.26. The van der Waals surface area contributed by atoms with Crippen LogP contribution in [0.1, 0.15) is 53.0 Å². The molecule has 2 heterocycles. The van der Waals surface area contributed by atoms with Gasteiger partial charge in [-0.05, 0) is 50.7 Å². The highest BCUT2D eigenvalue weighted by Crippen LogP contribution is 2.32. The Morgan fingerprint density at radius 3 is 2.48 bits per heavy atom. The number of halogens is 1. The second-order valence-electron chi connectivity index (χ2n) is 7.89. The highest BCUT2D eigenvalue weighted by atomic mass is 35.5. The predicted octanol–water partition coefficient (Wildman–Crippen LogP) is 4.25. The largest absolute Gasteiger partial charge is 0.357 e. The standard InChI is InChI=1S/C17H28ClN3/c1-16(2,3)20-11-13-10-15(19-12-14(13)18)21-8-6-17(4,5)7-9-21/h10,12,20H,6-9,11H2,1-5H3.